The summed E-state index contributed by atoms with van der Waals surface area (Å²) in [6, 6.07) is 19.5. The quantitative estimate of drug-likeness (QED) is 0.272. The molecule has 0 spiro atoms. The largest absolute Gasteiger partial charge is 0.497 e. The van der Waals surface area contributed by atoms with Crippen molar-refractivity contribution in [3.8, 4) is 5.75 Å². The van der Waals surface area contributed by atoms with E-state index in [0.717, 1.165) is 18.2 Å². The van der Waals surface area contributed by atoms with Crippen LogP contribution in [0.1, 0.15) is 104 Å². The zero-order valence-electron chi connectivity index (χ0n) is 24.4. The SMILES string of the molecule is CCCCC1(CN(Cc2ccc(OC)cc2)C(=O)C(C)C)CCC(CC(C)CC)(c2ccccc2)CC1. The Kier molecular flexibility index (Phi) is 10.7. The molecule has 1 aliphatic carbocycles. The van der Waals surface area contributed by atoms with Crippen molar-refractivity contribution in [3.05, 3.63) is 65.7 Å². The van der Waals surface area contributed by atoms with Crippen LogP contribution >= 0.6 is 0 Å². The minimum Gasteiger partial charge on any atom is -0.497 e. The lowest BCUT2D eigenvalue weighted by molar-refractivity contribution is -0.137. The predicted molar refractivity (Wildman–Crippen MR) is 156 cm³/mol. The van der Waals surface area contributed by atoms with Gasteiger partial charge in [-0.05, 0) is 78.5 Å². The normalized spacial score (nSPS) is 22.6. The van der Waals surface area contributed by atoms with E-state index in [2.05, 4.69) is 68.1 Å². The number of carbonyl (C=O) groups is 1. The molecule has 204 valence electrons. The molecule has 3 heteroatoms. The average molecular weight is 506 g/mol. The molecular formula is C34H51NO2. The van der Waals surface area contributed by atoms with Crippen molar-refractivity contribution >= 4 is 5.91 Å². The molecule has 1 fully saturated rings. The smallest absolute Gasteiger partial charge is 0.225 e. The van der Waals surface area contributed by atoms with Crippen LogP contribution in [0.3, 0.4) is 0 Å². The molecule has 2 aromatic carbocycles. The number of nitrogens with zero attached hydrogens (tertiary/aromatic N) is 1. The van der Waals surface area contributed by atoms with Gasteiger partial charge in [-0.2, -0.15) is 0 Å². The minimum absolute atomic E-state index is 0.00104. The first kappa shape index (κ1) is 29.3. The lowest BCUT2D eigenvalue weighted by Gasteiger charge is -2.50. The number of benzene rings is 2. The van der Waals surface area contributed by atoms with Crippen molar-refractivity contribution in [2.24, 2.45) is 17.3 Å². The van der Waals surface area contributed by atoms with E-state index >= 15 is 0 Å². The van der Waals surface area contributed by atoms with Gasteiger partial charge in [-0.3, -0.25) is 4.79 Å². The van der Waals surface area contributed by atoms with Crippen LogP contribution in [0.4, 0.5) is 0 Å². The summed E-state index contributed by atoms with van der Waals surface area (Å²) in [6.07, 6.45) is 11.0. The molecular weight excluding hydrogens is 454 g/mol. The molecule has 1 unspecified atom stereocenters. The third kappa shape index (κ3) is 7.62. The lowest BCUT2D eigenvalue weighted by atomic mass is 9.57. The van der Waals surface area contributed by atoms with Crippen molar-refractivity contribution in [2.75, 3.05) is 13.7 Å². The summed E-state index contributed by atoms with van der Waals surface area (Å²) in [4.78, 5) is 15.7. The fraction of sp³-hybridized carbons (Fsp3) is 0.618. The van der Waals surface area contributed by atoms with Crippen LogP contribution in [0.5, 0.6) is 5.75 Å². The second kappa shape index (κ2) is 13.5. The van der Waals surface area contributed by atoms with Crippen LogP contribution in [0, 0.1) is 17.3 Å². The number of carbonyl (C=O) groups excluding carboxylic acids is 1. The molecule has 1 aliphatic rings. The topological polar surface area (TPSA) is 29.5 Å². The molecule has 1 amide bonds. The molecule has 3 rings (SSSR count). The molecule has 0 radical (unpaired) electrons. The maximum atomic E-state index is 13.5. The van der Waals surface area contributed by atoms with Gasteiger partial charge in [-0.15, -0.1) is 0 Å². The van der Waals surface area contributed by atoms with Gasteiger partial charge >= 0.3 is 0 Å². The summed E-state index contributed by atoms with van der Waals surface area (Å²) < 4.78 is 5.35. The molecule has 1 atom stereocenters. The van der Waals surface area contributed by atoms with Gasteiger partial charge in [0.2, 0.25) is 5.91 Å². The van der Waals surface area contributed by atoms with Crippen molar-refractivity contribution in [2.45, 2.75) is 104 Å². The molecule has 0 aliphatic heterocycles. The monoisotopic (exact) mass is 505 g/mol. The van der Waals surface area contributed by atoms with Crippen LogP contribution in [-0.4, -0.2) is 24.5 Å². The molecule has 0 N–H and O–H groups in total. The summed E-state index contributed by atoms with van der Waals surface area (Å²) >= 11 is 0. The van der Waals surface area contributed by atoms with Gasteiger partial charge < -0.3 is 9.64 Å². The second-order valence-electron chi connectivity index (χ2n) is 12.2. The number of methoxy groups -OCH3 is 1. The Morgan fingerprint density at radius 3 is 2.14 bits per heavy atom. The van der Waals surface area contributed by atoms with Gasteiger partial charge in [0.05, 0.1) is 7.11 Å². The molecule has 3 nitrogen and oxygen atoms in total. The number of amides is 1. The first-order valence-corrected chi connectivity index (χ1v) is 14.7. The van der Waals surface area contributed by atoms with E-state index < -0.39 is 0 Å². The number of hydrogen-bond donors (Lipinski definition) is 0. The van der Waals surface area contributed by atoms with Crippen molar-refractivity contribution in [1.29, 1.82) is 0 Å². The Bertz CT molecular complexity index is 942. The average Bonchev–Trinajstić information content (AvgIpc) is 2.93. The van der Waals surface area contributed by atoms with Crippen molar-refractivity contribution < 1.29 is 9.53 Å². The fourth-order valence-electron chi connectivity index (χ4n) is 6.44. The maximum Gasteiger partial charge on any atom is 0.225 e. The number of rotatable bonds is 13. The van der Waals surface area contributed by atoms with Crippen LogP contribution in [0.2, 0.25) is 0 Å². The Hall–Kier alpha value is -2.29. The minimum atomic E-state index is -0.00104. The zero-order chi connectivity index (χ0) is 26.9. The molecule has 2 aromatic rings. The van der Waals surface area contributed by atoms with E-state index in [1.165, 1.54) is 68.9 Å². The fourth-order valence-corrected chi connectivity index (χ4v) is 6.44. The summed E-state index contributed by atoms with van der Waals surface area (Å²) in [6.45, 7) is 12.6. The highest BCUT2D eigenvalue weighted by atomic mass is 16.5. The van der Waals surface area contributed by atoms with E-state index in [0.29, 0.717) is 6.54 Å². The highest BCUT2D eigenvalue weighted by Gasteiger charge is 2.45. The number of hydrogen-bond acceptors (Lipinski definition) is 2. The Balaban J connectivity index is 1.87. The van der Waals surface area contributed by atoms with Crippen molar-refractivity contribution in [1.82, 2.24) is 4.90 Å². The van der Waals surface area contributed by atoms with Gasteiger partial charge in [0.25, 0.3) is 0 Å². The number of ether oxygens (including phenoxy) is 1. The van der Waals surface area contributed by atoms with Crippen molar-refractivity contribution in [3.63, 3.8) is 0 Å². The Labute approximate surface area is 227 Å². The molecule has 37 heavy (non-hydrogen) atoms. The highest BCUT2D eigenvalue weighted by molar-refractivity contribution is 5.78. The van der Waals surface area contributed by atoms with Crippen LogP contribution in [-0.2, 0) is 16.8 Å². The zero-order valence-corrected chi connectivity index (χ0v) is 24.4. The first-order valence-electron chi connectivity index (χ1n) is 14.7. The third-order valence-electron chi connectivity index (χ3n) is 9.02. The van der Waals surface area contributed by atoms with Gasteiger partial charge in [-0.25, -0.2) is 0 Å². The highest BCUT2D eigenvalue weighted by Crippen LogP contribution is 2.52. The van der Waals surface area contributed by atoms with E-state index in [9.17, 15) is 4.79 Å². The summed E-state index contributed by atoms with van der Waals surface area (Å²) in [5.74, 6) is 1.85. The van der Waals surface area contributed by atoms with Gasteiger partial charge in [-0.1, -0.05) is 96.3 Å². The predicted octanol–water partition coefficient (Wildman–Crippen LogP) is 8.80. The van der Waals surface area contributed by atoms with E-state index in [-0.39, 0.29) is 22.7 Å². The van der Waals surface area contributed by atoms with Gasteiger partial charge in [0.15, 0.2) is 0 Å². The second-order valence-corrected chi connectivity index (χ2v) is 12.2. The van der Waals surface area contributed by atoms with E-state index in [1.807, 2.05) is 26.0 Å². The number of unbranched alkanes of at least 4 members (excludes halogenated alkanes) is 1. The van der Waals surface area contributed by atoms with Gasteiger partial charge in [0.1, 0.15) is 5.75 Å². The Morgan fingerprint density at radius 2 is 1.59 bits per heavy atom. The molecule has 0 bridgehead atoms. The molecule has 0 aromatic heterocycles. The standard InChI is InChI=1S/C34H51NO2/c1-7-9-19-33(26-35(32(36)27(3)4)25-29-15-17-31(37-6)18-16-29)20-22-34(23-21-33,24-28(5)8-2)30-13-11-10-12-14-30/h10-18,27-28H,7-9,19-26H2,1-6H3. The van der Waals surface area contributed by atoms with Crippen LogP contribution in [0.25, 0.3) is 0 Å². The summed E-state index contributed by atoms with van der Waals surface area (Å²) in [5.41, 5.74) is 3.15. The molecule has 1 saturated carbocycles. The molecule has 0 heterocycles. The summed E-state index contributed by atoms with van der Waals surface area (Å²) in [7, 11) is 1.70. The Morgan fingerprint density at radius 1 is 0.946 bits per heavy atom. The maximum absolute atomic E-state index is 13.5. The lowest BCUT2D eigenvalue weighted by Crippen LogP contribution is -2.47. The van der Waals surface area contributed by atoms with E-state index in [1.54, 1.807) is 7.11 Å². The van der Waals surface area contributed by atoms with E-state index in [4.69, 9.17) is 4.74 Å². The van der Waals surface area contributed by atoms with Crippen LogP contribution < -0.4 is 4.74 Å². The molecule has 0 saturated heterocycles. The van der Waals surface area contributed by atoms with Gasteiger partial charge in [0, 0.05) is 19.0 Å². The van der Waals surface area contributed by atoms with Crippen LogP contribution in [0.15, 0.2) is 54.6 Å². The third-order valence-corrected chi connectivity index (χ3v) is 9.02. The summed E-state index contributed by atoms with van der Waals surface area (Å²) in [5, 5.41) is 0. The first-order chi connectivity index (χ1) is 17.8.